The first-order chi connectivity index (χ1) is 15.9. The highest BCUT2D eigenvalue weighted by molar-refractivity contribution is 7.89. The van der Waals surface area contributed by atoms with E-state index in [9.17, 15) is 13.2 Å². The van der Waals surface area contributed by atoms with Gasteiger partial charge in [0.15, 0.2) is 11.5 Å². The summed E-state index contributed by atoms with van der Waals surface area (Å²) in [6, 6.07) is 11.7. The number of rotatable bonds is 12. The van der Waals surface area contributed by atoms with Crippen LogP contribution < -0.4 is 19.5 Å². The van der Waals surface area contributed by atoms with Crippen LogP contribution in [0.25, 0.3) is 0 Å². The van der Waals surface area contributed by atoms with Crippen molar-refractivity contribution in [3.63, 3.8) is 0 Å². The summed E-state index contributed by atoms with van der Waals surface area (Å²) in [5.74, 6) is 1.04. The fourth-order valence-corrected chi connectivity index (χ4v) is 4.68. The molecule has 2 aromatic carbocycles. The molecule has 9 heteroatoms. The Balaban J connectivity index is 1.57. The number of amides is 1. The van der Waals surface area contributed by atoms with Crippen LogP contribution in [0.15, 0.2) is 47.4 Å². The molecule has 1 aliphatic rings. The quantitative estimate of drug-likeness (QED) is 0.488. The third kappa shape index (κ3) is 7.18. The molecule has 0 bridgehead atoms. The highest BCUT2D eigenvalue weighted by Gasteiger charge is 2.21. The molecule has 3 rings (SSSR count). The highest BCUT2D eigenvalue weighted by Crippen LogP contribution is 2.28. The van der Waals surface area contributed by atoms with Crippen molar-refractivity contribution >= 4 is 15.9 Å². The molecule has 0 aromatic heterocycles. The lowest BCUT2D eigenvalue weighted by molar-refractivity contribution is 0.0954. The van der Waals surface area contributed by atoms with E-state index in [1.807, 2.05) is 32.0 Å². The summed E-state index contributed by atoms with van der Waals surface area (Å²) in [7, 11) is -3.72. The molecule has 2 N–H and O–H groups in total. The third-order valence-corrected chi connectivity index (χ3v) is 6.66. The summed E-state index contributed by atoms with van der Waals surface area (Å²) in [6.07, 6.45) is 2.27. The second-order valence-electron chi connectivity index (χ2n) is 7.67. The lowest BCUT2D eigenvalue weighted by atomic mass is 10.1. The van der Waals surface area contributed by atoms with E-state index in [1.54, 1.807) is 12.1 Å². The SMILES string of the molecule is CCOc1ccc(CCNC(=O)c2cccc(S(=O)(=O)NCC3CCCO3)c2)cc1OCC. The molecule has 1 aliphatic heterocycles. The Bertz CT molecular complexity index is 1040. The zero-order valence-electron chi connectivity index (χ0n) is 19.1. The van der Waals surface area contributed by atoms with Gasteiger partial charge in [-0.15, -0.1) is 0 Å². The summed E-state index contributed by atoms with van der Waals surface area (Å²) in [5, 5.41) is 2.85. The zero-order valence-corrected chi connectivity index (χ0v) is 19.9. The average Bonchev–Trinajstić information content (AvgIpc) is 3.34. The van der Waals surface area contributed by atoms with Gasteiger partial charge >= 0.3 is 0 Å². The summed E-state index contributed by atoms with van der Waals surface area (Å²) >= 11 is 0. The van der Waals surface area contributed by atoms with E-state index in [-0.39, 0.29) is 29.0 Å². The fourth-order valence-electron chi connectivity index (χ4n) is 3.57. The molecule has 33 heavy (non-hydrogen) atoms. The number of benzene rings is 2. The first-order valence-electron chi connectivity index (χ1n) is 11.3. The standard InChI is InChI=1S/C24H32N2O6S/c1-3-30-22-11-10-18(15-23(22)31-4-2)12-13-25-24(27)19-7-5-9-21(16-19)33(28,29)26-17-20-8-6-14-32-20/h5,7,9-11,15-16,20,26H,3-4,6,8,12-14,17H2,1-2H3,(H,25,27). The molecule has 8 nitrogen and oxygen atoms in total. The van der Waals surface area contributed by atoms with Gasteiger partial charge in [-0.05, 0) is 69.0 Å². The molecule has 2 aromatic rings. The Morgan fingerprint density at radius 2 is 1.88 bits per heavy atom. The lowest BCUT2D eigenvalue weighted by Crippen LogP contribution is -2.32. The Hall–Kier alpha value is -2.62. The third-order valence-electron chi connectivity index (χ3n) is 5.24. The van der Waals surface area contributed by atoms with Gasteiger partial charge in [-0.3, -0.25) is 4.79 Å². The maximum atomic E-state index is 12.6. The van der Waals surface area contributed by atoms with Crippen LogP contribution in [0, 0.1) is 0 Å². The average molecular weight is 477 g/mol. The van der Waals surface area contributed by atoms with Crippen molar-refractivity contribution in [1.29, 1.82) is 0 Å². The van der Waals surface area contributed by atoms with E-state index >= 15 is 0 Å². The van der Waals surface area contributed by atoms with Crippen molar-refractivity contribution in [2.24, 2.45) is 0 Å². The highest BCUT2D eigenvalue weighted by atomic mass is 32.2. The number of nitrogens with one attached hydrogen (secondary N) is 2. The smallest absolute Gasteiger partial charge is 0.251 e. The summed E-state index contributed by atoms with van der Waals surface area (Å²) in [6.45, 7) is 6.19. The van der Waals surface area contributed by atoms with Crippen LogP contribution in [0.1, 0.15) is 42.6 Å². The van der Waals surface area contributed by atoms with Gasteiger partial charge in [0.1, 0.15) is 0 Å². The fraction of sp³-hybridized carbons (Fsp3) is 0.458. The molecule has 1 saturated heterocycles. The lowest BCUT2D eigenvalue weighted by Gasteiger charge is -2.13. The van der Waals surface area contributed by atoms with Crippen molar-refractivity contribution in [3.05, 3.63) is 53.6 Å². The Morgan fingerprint density at radius 1 is 1.09 bits per heavy atom. The van der Waals surface area contributed by atoms with Gasteiger partial charge in [0.25, 0.3) is 5.91 Å². The monoisotopic (exact) mass is 476 g/mol. The zero-order chi connectivity index (χ0) is 23.7. The van der Waals surface area contributed by atoms with E-state index in [0.29, 0.717) is 44.3 Å². The van der Waals surface area contributed by atoms with Gasteiger partial charge in [-0.1, -0.05) is 12.1 Å². The maximum absolute atomic E-state index is 12.6. The van der Waals surface area contributed by atoms with Crippen LogP contribution >= 0.6 is 0 Å². The van der Waals surface area contributed by atoms with Gasteiger partial charge in [-0.2, -0.15) is 0 Å². The van der Waals surface area contributed by atoms with Crippen LogP contribution in [0.4, 0.5) is 0 Å². The Kier molecular flexibility index (Phi) is 9.11. The first-order valence-corrected chi connectivity index (χ1v) is 12.8. The van der Waals surface area contributed by atoms with Crippen LogP contribution in [0.5, 0.6) is 11.5 Å². The molecule has 0 saturated carbocycles. The van der Waals surface area contributed by atoms with Gasteiger partial charge in [0, 0.05) is 25.3 Å². The molecule has 1 fully saturated rings. The van der Waals surface area contributed by atoms with Crippen molar-refractivity contribution in [2.75, 3.05) is 32.9 Å². The van der Waals surface area contributed by atoms with Crippen LogP contribution in [-0.2, 0) is 21.2 Å². The molecule has 0 aliphatic carbocycles. The Morgan fingerprint density at radius 3 is 2.61 bits per heavy atom. The van der Waals surface area contributed by atoms with Crippen molar-refractivity contribution in [2.45, 2.75) is 44.1 Å². The number of hydrogen-bond donors (Lipinski definition) is 2. The van der Waals surface area contributed by atoms with Crippen LogP contribution in [0.2, 0.25) is 0 Å². The van der Waals surface area contributed by atoms with Gasteiger partial charge in [-0.25, -0.2) is 13.1 Å². The maximum Gasteiger partial charge on any atom is 0.251 e. The molecule has 180 valence electrons. The van der Waals surface area contributed by atoms with Crippen LogP contribution in [-0.4, -0.2) is 53.3 Å². The molecular weight excluding hydrogens is 444 g/mol. The van der Waals surface area contributed by atoms with E-state index in [0.717, 1.165) is 18.4 Å². The second-order valence-corrected chi connectivity index (χ2v) is 9.43. The number of carbonyl (C=O) groups excluding carboxylic acids is 1. The van der Waals surface area contributed by atoms with E-state index in [1.165, 1.54) is 12.1 Å². The first kappa shape index (κ1) is 25.0. The van der Waals surface area contributed by atoms with Gasteiger partial charge < -0.3 is 19.5 Å². The molecular formula is C24H32N2O6S. The van der Waals surface area contributed by atoms with Crippen molar-refractivity contribution in [1.82, 2.24) is 10.0 Å². The second kappa shape index (κ2) is 12.0. The van der Waals surface area contributed by atoms with Gasteiger partial charge in [0.05, 0.1) is 24.2 Å². The molecule has 0 spiro atoms. The van der Waals surface area contributed by atoms with Crippen LogP contribution in [0.3, 0.4) is 0 Å². The van der Waals surface area contributed by atoms with Crippen molar-refractivity contribution < 1.29 is 27.4 Å². The van der Waals surface area contributed by atoms with E-state index in [4.69, 9.17) is 14.2 Å². The predicted molar refractivity (Wildman–Crippen MR) is 125 cm³/mol. The largest absolute Gasteiger partial charge is 0.490 e. The van der Waals surface area contributed by atoms with E-state index in [2.05, 4.69) is 10.0 Å². The normalized spacial score (nSPS) is 15.9. The summed E-state index contributed by atoms with van der Waals surface area (Å²) in [5.41, 5.74) is 1.29. The molecule has 1 unspecified atom stereocenters. The Labute approximate surface area is 195 Å². The number of hydrogen-bond acceptors (Lipinski definition) is 6. The number of ether oxygens (including phenoxy) is 3. The van der Waals surface area contributed by atoms with E-state index < -0.39 is 10.0 Å². The minimum absolute atomic E-state index is 0.0565. The predicted octanol–water partition coefficient (Wildman–Crippen LogP) is 2.91. The molecule has 1 atom stereocenters. The van der Waals surface area contributed by atoms with Crippen molar-refractivity contribution in [3.8, 4) is 11.5 Å². The number of sulfonamides is 1. The minimum atomic E-state index is -3.72. The molecule has 0 radical (unpaired) electrons. The topological polar surface area (TPSA) is 103 Å². The summed E-state index contributed by atoms with van der Waals surface area (Å²) in [4.78, 5) is 12.7. The number of carbonyl (C=O) groups is 1. The molecule has 1 heterocycles. The minimum Gasteiger partial charge on any atom is -0.490 e. The summed E-state index contributed by atoms with van der Waals surface area (Å²) < 4.78 is 44.4. The molecule has 1 amide bonds. The van der Waals surface area contributed by atoms with Gasteiger partial charge in [0.2, 0.25) is 10.0 Å².